The SMILES string of the molecule is c1ccc(CCCNc2nncc(NCc3cccnc3)n2)cc1. The van der Waals surface area contributed by atoms with E-state index in [0.29, 0.717) is 18.3 Å². The van der Waals surface area contributed by atoms with Crippen molar-refractivity contribution in [1.82, 2.24) is 20.2 Å². The molecule has 1 aromatic carbocycles. The zero-order valence-corrected chi connectivity index (χ0v) is 13.4. The summed E-state index contributed by atoms with van der Waals surface area (Å²) >= 11 is 0. The minimum Gasteiger partial charge on any atom is -0.364 e. The second-order valence-electron chi connectivity index (χ2n) is 5.40. The van der Waals surface area contributed by atoms with Crippen molar-refractivity contribution in [2.75, 3.05) is 17.2 Å². The Kier molecular flexibility index (Phi) is 5.66. The summed E-state index contributed by atoms with van der Waals surface area (Å²) in [6.07, 6.45) is 7.24. The quantitative estimate of drug-likeness (QED) is 0.622. The highest BCUT2D eigenvalue weighted by Gasteiger charge is 2.01. The Morgan fingerprint density at radius 1 is 0.875 bits per heavy atom. The third-order valence-electron chi connectivity index (χ3n) is 3.52. The fourth-order valence-corrected chi connectivity index (χ4v) is 2.30. The van der Waals surface area contributed by atoms with E-state index in [9.17, 15) is 0 Å². The molecule has 2 heterocycles. The summed E-state index contributed by atoms with van der Waals surface area (Å²) in [6.45, 7) is 1.46. The van der Waals surface area contributed by atoms with Crippen molar-refractivity contribution in [3.63, 3.8) is 0 Å². The Balaban J connectivity index is 1.45. The summed E-state index contributed by atoms with van der Waals surface area (Å²) in [5, 5.41) is 14.4. The molecule has 0 amide bonds. The average Bonchev–Trinajstić information content (AvgIpc) is 2.66. The molecule has 0 saturated heterocycles. The number of aromatic nitrogens is 4. The molecule has 0 spiro atoms. The van der Waals surface area contributed by atoms with E-state index in [1.165, 1.54) is 5.56 Å². The van der Waals surface area contributed by atoms with Crippen LogP contribution in [0.5, 0.6) is 0 Å². The minimum atomic E-state index is 0.541. The van der Waals surface area contributed by atoms with Gasteiger partial charge in [0.2, 0.25) is 5.95 Å². The average molecular weight is 320 g/mol. The normalized spacial score (nSPS) is 10.3. The maximum Gasteiger partial charge on any atom is 0.244 e. The molecule has 0 aliphatic carbocycles. The van der Waals surface area contributed by atoms with Crippen molar-refractivity contribution < 1.29 is 0 Å². The Bertz CT molecular complexity index is 733. The monoisotopic (exact) mass is 320 g/mol. The third-order valence-corrected chi connectivity index (χ3v) is 3.52. The number of nitrogens with one attached hydrogen (secondary N) is 2. The molecule has 0 atom stereocenters. The number of rotatable bonds is 8. The van der Waals surface area contributed by atoms with Crippen molar-refractivity contribution in [1.29, 1.82) is 0 Å². The third kappa shape index (κ3) is 5.01. The summed E-state index contributed by atoms with van der Waals surface area (Å²) in [4.78, 5) is 8.50. The van der Waals surface area contributed by atoms with Gasteiger partial charge in [0.25, 0.3) is 0 Å². The Hall–Kier alpha value is -3.02. The first-order chi connectivity index (χ1) is 11.9. The highest BCUT2D eigenvalue weighted by Crippen LogP contribution is 2.07. The molecule has 3 rings (SSSR count). The van der Waals surface area contributed by atoms with Crippen LogP contribution in [0.25, 0.3) is 0 Å². The van der Waals surface area contributed by atoms with Gasteiger partial charge in [-0.15, -0.1) is 5.10 Å². The zero-order chi connectivity index (χ0) is 16.5. The summed E-state index contributed by atoms with van der Waals surface area (Å²) < 4.78 is 0. The molecule has 6 nitrogen and oxygen atoms in total. The van der Waals surface area contributed by atoms with Crippen molar-refractivity contribution >= 4 is 11.8 Å². The van der Waals surface area contributed by atoms with Crippen molar-refractivity contribution in [3.05, 3.63) is 72.2 Å². The van der Waals surface area contributed by atoms with Gasteiger partial charge in [0.1, 0.15) is 0 Å². The molecule has 0 fully saturated rings. The molecule has 0 aliphatic rings. The lowest BCUT2D eigenvalue weighted by atomic mass is 10.1. The zero-order valence-electron chi connectivity index (χ0n) is 13.4. The van der Waals surface area contributed by atoms with Crippen molar-refractivity contribution in [3.8, 4) is 0 Å². The molecule has 0 saturated carbocycles. The van der Waals surface area contributed by atoms with Crippen LogP contribution in [0.15, 0.2) is 61.1 Å². The first-order valence-corrected chi connectivity index (χ1v) is 8.00. The molecule has 0 bridgehead atoms. The van der Waals surface area contributed by atoms with Crippen molar-refractivity contribution in [2.45, 2.75) is 19.4 Å². The van der Waals surface area contributed by atoms with Crippen LogP contribution in [-0.2, 0) is 13.0 Å². The van der Waals surface area contributed by atoms with Gasteiger partial charge in [-0.1, -0.05) is 36.4 Å². The van der Waals surface area contributed by atoms with Gasteiger partial charge in [0.15, 0.2) is 5.82 Å². The number of hydrogen-bond donors (Lipinski definition) is 2. The second kappa shape index (κ2) is 8.57. The number of pyridine rings is 1. The lowest BCUT2D eigenvalue weighted by Gasteiger charge is -2.07. The summed E-state index contributed by atoms with van der Waals surface area (Å²) in [5.74, 6) is 1.23. The van der Waals surface area contributed by atoms with Crippen LogP contribution in [0.4, 0.5) is 11.8 Å². The fraction of sp³-hybridized carbons (Fsp3) is 0.222. The smallest absolute Gasteiger partial charge is 0.244 e. The molecule has 2 aromatic heterocycles. The Morgan fingerprint density at radius 2 is 1.75 bits per heavy atom. The lowest BCUT2D eigenvalue weighted by molar-refractivity contribution is 0.842. The van der Waals surface area contributed by atoms with Gasteiger partial charge in [-0.05, 0) is 30.0 Å². The van der Waals surface area contributed by atoms with E-state index < -0.39 is 0 Å². The molecular weight excluding hydrogens is 300 g/mol. The topological polar surface area (TPSA) is 75.6 Å². The standard InChI is InChI=1S/C18H20N6/c1-2-6-15(7-3-1)8-5-11-20-18-23-17(14-22-24-18)21-13-16-9-4-10-19-12-16/h1-4,6-7,9-10,12,14H,5,8,11,13H2,(H2,20,21,23,24). The maximum absolute atomic E-state index is 4.42. The summed E-state index contributed by atoms with van der Waals surface area (Å²) in [7, 11) is 0. The van der Waals surface area contributed by atoms with Crippen LogP contribution in [0, 0.1) is 0 Å². The highest BCUT2D eigenvalue weighted by atomic mass is 15.3. The Morgan fingerprint density at radius 3 is 2.58 bits per heavy atom. The second-order valence-corrected chi connectivity index (χ2v) is 5.40. The number of benzene rings is 1. The van der Waals surface area contributed by atoms with Crippen LogP contribution >= 0.6 is 0 Å². The van der Waals surface area contributed by atoms with E-state index in [1.54, 1.807) is 12.4 Å². The van der Waals surface area contributed by atoms with Gasteiger partial charge in [-0.25, -0.2) is 0 Å². The first-order valence-electron chi connectivity index (χ1n) is 8.00. The van der Waals surface area contributed by atoms with Gasteiger partial charge < -0.3 is 10.6 Å². The van der Waals surface area contributed by atoms with E-state index in [4.69, 9.17) is 0 Å². The van der Waals surface area contributed by atoms with E-state index in [0.717, 1.165) is 24.9 Å². The van der Waals surface area contributed by atoms with Gasteiger partial charge in [-0.2, -0.15) is 10.1 Å². The molecule has 6 heteroatoms. The maximum atomic E-state index is 4.42. The number of anilines is 2. The van der Waals surface area contributed by atoms with Crippen LogP contribution in [0.1, 0.15) is 17.5 Å². The molecule has 122 valence electrons. The predicted octanol–water partition coefficient (Wildman–Crippen LogP) is 2.92. The molecular formula is C18H20N6. The molecule has 0 radical (unpaired) electrons. The number of aryl methyl sites for hydroxylation is 1. The fourth-order valence-electron chi connectivity index (χ4n) is 2.30. The van der Waals surface area contributed by atoms with E-state index >= 15 is 0 Å². The van der Waals surface area contributed by atoms with Gasteiger partial charge in [-0.3, -0.25) is 4.98 Å². The number of nitrogens with zero attached hydrogens (tertiary/aromatic N) is 4. The number of hydrogen-bond acceptors (Lipinski definition) is 6. The lowest BCUT2D eigenvalue weighted by Crippen LogP contribution is -2.09. The Labute approximate surface area is 141 Å². The van der Waals surface area contributed by atoms with Crippen molar-refractivity contribution in [2.24, 2.45) is 0 Å². The van der Waals surface area contributed by atoms with Gasteiger partial charge in [0, 0.05) is 25.5 Å². The van der Waals surface area contributed by atoms with Gasteiger partial charge >= 0.3 is 0 Å². The first kappa shape index (κ1) is 15.9. The molecule has 24 heavy (non-hydrogen) atoms. The predicted molar refractivity (Wildman–Crippen MR) is 94.6 cm³/mol. The molecule has 2 N–H and O–H groups in total. The van der Waals surface area contributed by atoms with Crippen LogP contribution in [0.3, 0.4) is 0 Å². The summed E-state index contributed by atoms with van der Waals surface area (Å²) in [5.41, 5.74) is 2.43. The van der Waals surface area contributed by atoms with Crippen LogP contribution < -0.4 is 10.6 Å². The van der Waals surface area contributed by atoms with Gasteiger partial charge in [0.05, 0.1) is 6.20 Å². The van der Waals surface area contributed by atoms with Crippen LogP contribution in [0.2, 0.25) is 0 Å². The largest absolute Gasteiger partial charge is 0.364 e. The molecule has 0 unspecified atom stereocenters. The minimum absolute atomic E-state index is 0.541. The van der Waals surface area contributed by atoms with E-state index in [-0.39, 0.29) is 0 Å². The van der Waals surface area contributed by atoms with E-state index in [2.05, 4.69) is 55.1 Å². The molecule has 3 aromatic rings. The molecule has 0 aliphatic heterocycles. The van der Waals surface area contributed by atoms with Crippen LogP contribution in [-0.4, -0.2) is 26.7 Å². The van der Waals surface area contributed by atoms with E-state index in [1.807, 2.05) is 24.4 Å². The highest BCUT2D eigenvalue weighted by molar-refractivity contribution is 5.37. The summed E-state index contributed by atoms with van der Waals surface area (Å²) in [6, 6.07) is 14.4.